The second-order valence-electron chi connectivity index (χ2n) is 5.04. The van der Waals surface area contributed by atoms with E-state index in [1.165, 1.54) is 22.3 Å². The van der Waals surface area contributed by atoms with E-state index < -0.39 is 0 Å². The fourth-order valence-electron chi connectivity index (χ4n) is 2.34. The molecule has 1 N–H and O–H groups in total. The van der Waals surface area contributed by atoms with Crippen LogP contribution < -0.4 is 5.32 Å². The smallest absolute Gasteiger partial charge is 0.0665 e. The van der Waals surface area contributed by atoms with Crippen molar-refractivity contribution in [2.75, 3.05) is 13.7 Å². The lowest BCUT2D eigenvalue weighted by Gasteiger charge is -2.22. The van der Waals surface area contributed by atoms with Crippen LogP contribution in [-0.4, -0.2) is 19.8 Å². The molecule has 0 aliphatic heterocycles. The monoisotopic (exact) mass is 235 g/mol. The van der Waals surface area contributed by atoms with Gasteiger partial charge in [-0.1, -0.05) is 17.7 Å². The molecule has 0 aliphatic rings. The van der Waals surface area contributed by atoms with E-state index in [0.29, 0.717) is 0 Å². The van der Waals surface area contributed by atoms with Gasteiger partial charge in [0, 0.05) is 0 Å². The van der Waals surface area contributed by atoms with Gasteiger partial charge in [0.25, 0.3) is 0 Å². The molecule has 1 unspecified atom stereocenters. The summed E-state index contributed by atoms with van der Waals surface area (Å²) in [7, 11) is 1.99. The highest BCUT2D eigenvalue weighted by molar-refractivity contribution is 5.39. The Hall–Kier alpha value is -0.860. The van der Waals surface area contributed by atoms with Crippen molar-refractivity contribution in [1.82, 2.24) is 5.32 Å². The fraction of sp³-hybridized carbons (Fsp3) is 0.600. The Balaban J connectivity index is 2.95. The first-order valence-electron chi connectivity index (χ1n) is 6.32. The number of nitrogens with one attached hydrogen (secondary N) is 1. The first kappa shape index (κ1) is 14.2. The Morgan fingerprint density at radius 2 is 1.65 bits per heavy atom. The van der Waals surface area contributed by atoms with Crippen molar-refractivity contribution < 1.29 is 4.74 Å². The Bertz CT molecular complexity index is 348. The number of hydrogen-bond acceptors (Lipinski definition) is 2. The molecular weight excluding hydrogens is 210 g/mol. The van der Waals surface area contributed by atoms with E-state index in [9.17, 15) is 0 Å². The molecule has 0 aliphatic carbocycles. The molecule has 1 rings (SSSR count). The minimum Gasteiger partial charge on any atom is -0.377 e. The third kappa shape index (κ3) is 3.83. The van der Waals surface area contributed by atoms with Gasteiger partial charge >= 0.3 is 0 Å². The molecule has 0 saturated heterocycles. The molecule has 0 aromatic heterocycles. The van der Waals surface area contributed by atoms with Gasteiger partial charge in [0.2, 0.25) is 0 Å². The van der Waals surface area contributed by atoms with Crippen LogP contribution in [0.25, 0.3) is 0 Å². The first-order valence-corrected chi connectivity index (χ1v) is 6.32. The highest BCUT2D eigenvalue weighted by Gasteiger charge is 2.15. The minimum atomic E-state index is 0.275. The largest absolute Gasteiger partial charge is 0.377 e. The molecule has 1 aromatic rings. The lowest BCUT2D eigenvalue weighted by molar-refractivity contribution is 0.0624. The molecule has 0 fully saturated rings. The van der Waals surface area contributed by atoms with Crippen LogP contribution in [0.5, 0.6) is 0 Å². The summed E-state index contributed by atoms with van der Waals surface area (Å²) in [5.74, 6) is 0. The second-order valence-corrected chi connectivity index (χ2v) is 5.04. The first-order chi connectivity index (χ1) is 7.95. The van der Waals surface area contributed by atoms with E-state index in [-0.39, 0.29) is 12.1 Å². The van der Waals surface area contributed by atoms with Gasteiger partial charge in [-0.2, -0.15) is 0 Å². The lowest BCUT2D eigenvalue weighted by atomic mass is 9.94. The number of rotatable bonds is 5. The summed E-state index contributed by atoms with van der Waals surface area (Å²) in [6.45, 7) is 11.4. The Kier molecular flexibility index (Phi) is 5.16. The molecule has 1 aromatic carbocycles. The number of hydrogen-bond donors (Lipinski definition) is 1. The molecule has 2 heteroatoms. The maximum Gasteiger partial charge on any atom is 0.0665 e. The van der Waals surface area contributed by atoms with E-state index in [2.05, 4.69) is 52.1 Å². The van der Waals surface area contributed by atoms with Gasteiger partial charge in [0.15, 0.2) is 0 Å². The predicted octanol–water partition coefficient (Wildman–Crippen LogP) is 3.30. The summed E-state index contributed by atoms with van der Waals surface area (Å²) < 4.78 is 5.73. The highest BCUT2D eigenvalue weighted by Crippen LogP contribution is 2.23. The molecule has 0 spiro atoms. The lowest BCUT2D eigenvalue weighted by Crippen LogP contribution is -2.25. The number of ether oxygens (including phenoxy) is 1. The second kappa shape index (κ2) is 6.18. The zero-order chi connectivity index (χ0) is 13.0. The van der Waals surface area contributed by atoms with Gasteiger partial charge in [0.05, 0.1) is 18.8 Å². The van der Waals surface area contributed by atoms with Crippen LogP contribution in [0.1, 0.15) is 42.1 Å². The van der Waals surface area contributed by atoms with Crippen LogP contribution in [-0.2, 0) is 4.74 Å². The molecule has 1 atom stereocenters. The summed E-state index contributed by atoms with van der Waals surface area (Å²) in [4.78, 5) is 0. The summed E-state index contributed by atoms with van der Waals surface area (Å²) in [6, 6.07) is 4.75. The average molecular weight is 235 g/mol. The maximum atomic E-state index is 5.73. The molecule has 96 valence electrons. The predicted molar refractivity (Wildman–Crippen MR) is 73.5 cm³/mol. The van der Waals surface area contributed by atoms with Crippen molar-refractivity contribution in [3.8, 4) is 0 Å². The molecule has 17 heavy (non-hydrogen) atoms. The Morgan fingerprint density at radius 3 is 2.06 bits per heavy atom. The van der Waals surface area contributed by atoms with E-state index in [4.69, 9.17) is 4.74 Å². The van der Waals surface area contributed by atoms with Gasteiger partial charge in [0.1, 0.15) is 0 Å². The van der Waals surface area contributed by atoms with Gasteiger partial charge < -0.3 is 10.1 Å². The van der Waals surface area contributed by atoms with Crippen LogP contribution in [0.4, 0.5) is 0 Å². The van der Waals surface area contributed by atoms with Crippen LogP contribution in [0.2, 0.25) is 0 Å². The van der Waals surface area contributed by atoms with Crippen LogP contribution >= 0.6 is 0 Å². The van der Waals surface area contributed by atoms with Crippen molar-refractivity contribution in [3.63, 3.8) is 0 Å². The van der Waals surface area contributed by atoms with Gasteiger partial charge in [-0.3, -0.25) is 0 Å². The molecule has 0 bridgehead atoms. The summed E-state index contributed by atoms with van der Waals surface area (Å²) in [5.41, 5.74) is 5.38. The Labute approximate surface area is 105 Å². The Morgan fingerprint density at radius 1 is 1.12 bits per heavy atom. The number of aryl methyl sites for hydroxylation is 3. The summed E-state index contributed by atoms with van der Waals surface area (Å²) in [6.07, 6.45) is 0.275. The highest BCUT2D eigenvalue weighted by atomic mass is 16.5. The van der Waals surface area contributed by atoms with E-state index in [1.54, 1.807) is 0 Å². The van der Waals surface area contributed by atoms with E-state index >= 15 is 0 Å². The zero-order valence-corrected chi connectivity index (χ0v) is 11.9. The maximum absolute atomic E-state index is 5.73. The quantitative estimate of drug-likeness (QED) is 0.845. The van der Waals surface area contributed by atoms with Crippen LogP contribution in [0.3, 0.4) is 0 Å². The van der Waals surface area contributed by atoms with E-state index in [0.717, 1.165) is 6.61 Å². The number of benzene rings is 1. The van der Waals surface area contributed by atoms with Crippen molar-refractivity contribution in [1.29, 1.82) is 0 Å². The SMILES string of the molecule is CNC(COC(C)C)c1c(C)cc(C)cc1C. The fourth-order valence-corrected chi connectivity index (χ4v) is 2.34. The van der Waals surface area contributed by atoms with Crippen molar-refractivity contribution >= 4 is 0 Å². The van der Waals surface area contributed by atoms with Gasteiger partial charge in [-0.15, -0.1) is 0 Å². The molecule has 0 radical (unpaired) electrons. The van der Waals surface area contributed by atoms with Crippen molar-refractivity contribution in [2.24, 2.45) is 0 Å². The number of likely N-dealkylation sites (N-methyl/N-ethyl adjacent to an activating group) is 1. The van der Waals surface area contributed by atoms with E-state index in [1.807, 2.05) is 7.05 Å². The molecule has 0 heterocycles. The third-order valence-electron chi connectivity index (χ3n) is 3.03. The summed E-state index contributed by atoms with van der Waals surface area (Å²) in [5, 5.41) is 3.35. The molecule has 0 saturated carbocycles. The minimum absolute atomic E-state index is 0.275. The average Bonchev–Trinajstić information content (AvgIpc) is 2.21. The van der Waals surface area contributed by atoms with Crippen molar-refractivity contribution in [2.45, 2.75) is 46.8 Å². The topological polar surface area (TPSA) is 21.3 Å². The molecular formula is C15H25NO. The van der Waals surface area contributed by atoms with Crippen LogP contribution in [0, 0.1) is 20.8 Å². The zero-order valence-electron chi connectivity index (χ0n) is 11.9. The standard InChI is InChI=1S/C15H25NO/c1-10(2)17-9-14(16-6)15-12(4)7-11(3)8-13(15)5/h7-8,10,14,16H,9H2,1-6H3. The van der Waals surface area contributed by atoms with Gasteiger partial charge in [-0.05, 0) is 58.4 Å². The van der Waals surface area contributed by atoms with Crippen LogP contribution in [0.15, 0.2) is 12.1 Å². The normalized spacial score (nSPS) is 13.1. The van der Waals surface area contributed by atoms with Crippen molar-refractivity contribution in [3.05, 3.63) is 34.4 Å². The summed E-state index contributed by atoms with van der Waals surface area (Å²) >= 11 is 0. The third-order valence-corrected chi connectivity index (χ3v) is 3.03. The van der Waals surface area contributed by atoms with Gasteiger partial charge in [-0.25, -0.2) is 0 Å². The molecule has 0 amide bonds. The molecule has 2 nitrogen and oxygen atoms in total.